The summed E-state index contributed by atoms with van der Waals surface area (Å²) in [6.45, 7) is 37.7. The summed E-state index contributed by atoms with van der Waals surface area (Å²) in [5.41, 5.74) is 13.8. The smallest absolute Gasteiger partial charge is 0.141 e. The first-order chi connectivity index (χ1) is 56.3. The van der Waals surface area contributed by atoms with Gasteiger partial charge in [-0.05, 0) is 185 Å². The minimum Gasteiger partial charge on any atom is -0.483 e. The molecule has 0 aliphatic rings. The molecule has 4 atom stereocenters. The second-order valence-electron chi connectivity index (χ2n) is 35.2. The maximum Gasteiger partial charge on any atom is 0.141 e. The van der Waals surface area contributed by atoms with Gasteiger partial charge in [0.15, 0.2) is 0 Å². The van der Waals surface area contributed by atoms with Crippen LogP contribution in [0.25, 0.3) is 130 Å². The van der Waals surface area contributed by atoms with E-state index in [9.17, 15) is 20.4 Å². The van der Waals surface area contributed by atoms with Gasteiger partial charge in [0.2, 0.25) is 0 Å². The Labute approximate surface area is 782 Å². The topological polar surface area (TPSA) is 262 Å². The quantitative estimate of drug-likeness (QED) is 0.0517. The van der Waals surface area contributed by atoms with Crippen molar-refractivity contribution in [2.75, 3.05) is 0 Å². The second kappa shape index (κ2) is 47.1. The molecule has 0 amide bonds. The summed E-state index contributed by atoms with van der Waals surface area (Å²) in [6, 6.07) is 49.2. The number of benzene rings is 4. The van der Waals surface area contributed by atoms with Gasteiger partial charge in [0, 0.05) is 141 Å². The molecule has 18 nitrogen and oxygen atoms in total. The van der Waals surface area contributed by atoms with Crippen LogP contribution in [-0.2, 0) is 108 Å². The molecule has 0 aliphatic heterocycles. The number of hydrogen-bond acceptors (Lipinski definition) is 20. The van der Waals surface area contributed by atoms with Gasteiger partial charge in [-0.1, -0.05) is 232 Å². The van der Waals surface area contributed by atoms with Crippen molar-refractivity contribution in [3.63, 3.8) is 0 Å². The molecular weight excluding hydrogens is 2280 g/mol. The molecule has 4 unspecified atom stereocenters. The summed E-state index contributed by atoms with van der Waals surface area (Å²) in [4.78, 5) is 54.7. The predicted molar refractivity (Wildman–Crippen MR) is 482 cm³/mol. The Morgan fingerprint density at radius 3 is 0.893 bits per heavy atom. The van der Waals surface area contributed by atoms with Crippen LogP contribution < -0.4 is 0 Å². The second-order valence-corrected chi connectivity index (χ2v) is 37.2. The van der Waals surface area contributed by atoms with E-state index in [1.807, 2.05) is 126 Å². The predicted octanol–water partition coefficient (Wildman–Crippen LogP) is 23.1. The molecule has 0 bridgehead atoms. The molecule has 0 saturated heterocycles. The molecule has 0 fully saturated rings. The maximum atomic E-state index is 9.76. The normalized spacial score (nSPS) is 12.5. The molecule has 122 heavy (non-hydrogen) atoms. The first-order valence-electron chi connectivity index (χ1n) is 41.1. The number of pyridine rings is 4. The molecule has 0 aliphatic carbocycles. The average molecular weight is 2390 g/mol. The van der Waals surface area contributed by atoms with Gasteiger partial charge in [0.05, 0.1) is 24.4 Å². The number of fused-ring (bicyclic) bond motifs is 12. The molecule has 4 N–H and O–H groups in total. The van der Waals surface area contributed by atoms with Crippen LogP contribution in [-0.4, -0.2) is 105 Å². The zero-order chi connectivity index (χ0) is 84.5. The molecule has 16 aromatic rings. The zero-order valence-electron chi connectivity index (χ0n) is 72.7. The molecule has 0 saturated carbocycles. The minimum absolute atomic E-state index is 0. The van der Waals surface area contributed by atoms with Gasteiger partial charge in [-0.3, -0.25) is 19.9 Å². The Morgan fingerprint density at radius 1 is 0.320 bits per heavy atom. The molecule has 24 heteroatoms. The van der Waals surface area contributed by atoms with E-state index >= 15 is 0 Å². The van der Waals surface area contributed by atoms with Crippen LogP contribution in [0.1, 0.15) is 173 Å². The van der Waals surface area contributed by atoms with E-state index in [-0.39, 0.29) is 105 Å². The van der Waals surface area contributed by atoms with Gasteiger partial charge >= 0.3 is 0 Å². The third kappa shape index (κ3) is 28.7. The Balaban J connectivity index is 0.000000203. The van der Waals surface area contributed by atoms with Crippen molar-refractivity contribution in [1.82, 2.24) is 59.8 Å². The van der Waals surface area contributed by atoms with Gasteiger partial charge in [-0.2, -0.15) is 22.7 Å². The first kappa shape index (κ1) is 101. The van der Waals surface area contributed by atoms with Gasteiger partial charge in [0.1, 0.15) is 47.9 Å². The maximum absolute atomic E-state index is 9.76. The third-order valence-electron chi connectivity index (χ3n) is 19.7. The van der Waals surface area contributed by atoms with Crippen LogP contribution in [0.2, 0.25) is 0 Å². The fourth-order valence-electron chi connectivity index (χ4n) is 13.6. The van der Waals surface area contributed by atoms with E-state index in [0.29, 0.717) is 59.8 Å². The van der Waals surface area contributed by atoms with Gasteiger partial charge in [-0.25, -0.2) is 19.9 Å². The summed E-state index contributed by atoms with van der Waals surface area (Å²) < 4.78 is 14.0. The fourth-order valence-corrected chi connectivity index (χ4v) is 15.6. The Hall–Kier alpha value is -7.64. The summed E-state index contributed by atoms with van der Waals surface area (Å²) >= 11 is 3.40. The number of furan rings is 2. The number of hydrogen-bond donors (Lipinski definition) is 4. The Bertz CT molecular complexity index is 5280. The summed E-state index contributed by atoms with van der Waals surface area (Å²) in [6.07, 6.45) is 23.6. The minimum atomic E-state index is -0.443. The van der Waals surface area contributed by atoms with E-state index in [1.54, 1.807) is 48.0 Å². The standard InChI is InChI=1S/2C19H16N3O.2C19H16N3S.2C11H24O2.2Ir.2Pt/c4*1-12(2)7-14-9-17(22-11-21-14)13-8-16-15-5-3-4-6-18(15)23-19(16)20-10-13;1-10(2,3)8(12)7-9(13)11(4,5)6;1-8(2)5-10(12)7-11(13)6-9(3)4;;;;/h4*3-6,8-9,11-12H,7H2,1-2H3;8-9,12-13H,7H2,1-6H3;8-13H,5-7H2,1-4H3;;;;/q4*-1;;;;;;. The van der Waals surface area contributed by atoms with E-state index in [1.165, 1.54) is 30.9 Å². The van der Waals surface area contributed by atoms with E-state index in [0.717, 1.165) is 149 Å². The van der Waals surface area contributed by atoms with Crippen LogP contribution in [0.3, 0.4) is 0 Å². The first-order valence-corrected chi connectivity index (χ1v) is 42.7. The third-order valence-corrected chi connectivity index (χ3v) is 21.8. The van der Waals surface area contributed by atoms with Crippen molar-refractivity contribution in [3.8, 4) is 45.0 Å². The number of nitrogens with zero attached hydrogens (tertiary/aromatic N) is 12. The molecular formula is C98H112Ir2N12O6Pt2S2-4. The number of aliphatic hydroxyl groups excluding tert-OH is 4. The van der Waals surface area contributed by atoms with Crippen LogP contribution in [0.4, 0.5) is 0 Å². The van der Waals surface area contributed by atoms with Crippen molar-refractivity contribution < 1.29 is 112 Å². The summed E-state index contributed by atoms with van der Waals surface area (Å²) in [5.74, 6) is 3.26. The average Bonchev–Trinajstić information content (AvgIpc) is 1.64. The van der Waals surface area contributed by atoms with Crippen molar-refractivity contribution in [2.45, 2.75) is 200 Å². The van der Waals surface area contributed by atoms with Crippen molar-refractivity contribution >= 4 is 107 Å². The van der Waals surface area contributed by atoms with Crippen LogP contribution in [0, 0.1) is 71.1 Å². The van der Waals surface area contributed by atoms with Crippen LogP contribution in [0.5, 0.6) is 0 Å². The largest absolute Gasteiger partial charge is 0.483 e. The summed E-state index contributed by atoms with van der Waals surface area (Å²) in [5, 5.41) is 47.5. The van der Waals surface area contributed by atoms with Gasteiger partial charge in [0.25, 0.3) is 0 Å². The van der Waals surface area contributed by atoms with Crippen molar-refractivity contribution in [2.24, 2.45) is 46.3 Å². The number of para-hydroxylation sites is 2. The molecule has 0 spiro atoms. The van der Waals surface area contributed by atoms with Gasteiger partial charge in [-0.15, -0.1) is 46.5 Å². The molecule has 16 rings (SSSR count). The Morgan fingerprint density at radius 2 is 0.598 bits per heavy atom. The molecule has 4 aromatic carbocycles. The van der Waals surface area contributed by atoms with E-state index in [2.05, 4.69) is 228 Å². The van der Waals surface area contributed by atoms with E-state index in [4.69, 9.17) is 8.83 Å². The van der Waals surface area contributed by atoms with E-state index < -0.39 is 12.2 Å². The molecule has 2 radical (unpaired) electrons. The summed E-state index contributed by atoms with van der Waals surface area (Å²) in [7, 11) is 0. The number of aromatic nitrogens is 12. The Kier molecular flexibility index (Phi) is 39.1. The zero-order valence-corrected chi connectivity index (χ0v) is 83.7. The number of aliphatic hydroxyl groups is 4. The van der Waals surface area contributed by atoms with Crippen molar-refractivity contribution in [1.29, 1.82) is 0 Å². The van der Waals surface area contributed by atoms with Crippen LogP contribution in [0.15, 0.2) is 180 Å². The molecule has 12 heterocycles. The SMILES string of the molecule is CC(C)(C)C(O)CC(O)C(C)(C)C.CC(C)CC(O)CC(O)CC(C)C.CC(C)Cc1cc(-c2[c-]nc3oc4ccccc4c3c2)ncn1.CC(C)Cc1cc(-c2[c-]nc3oc4ccccc4c3c2)ncn1.CC(C)Cc1cc(-c2[c-]nc3sc4ccccc4c3c2)ncn1.CC(C)Cc1cc(-c2[c-]nc3sc4ccccc4c3c2)ncn1.[Ir].[Ir].[Pt].[Pt]. The number of rotatable bonds is 20. The van der Waals surface area contributed by atoms with Crippen LogP contribution >= 0.6 is 22.7 Å². The van der Waals surface area contributed by atoms with Gasteiger partial charge < -0.3 is 49.2 Å². The van der Waals surface area contributed by atoms with Crippen molar-refractivity contribution in [3.05, 3.63) is 218 Å². The molecule has 654 valence electrons. The number of thiophene rings is 2. The fraction of sp³-hybridized carbons (Fsp3) is 0.388. The monoisotopic (exact) mass is 2390 g/mol. The molecule has 12 aromatic heterocycles.